The smallest absolute Gasteiger partial charge is 0.201 e. The largest absolute Gasteiger partial charge is 0.212 e. The highest BCUT2D eigenvalue weighted by Gasteiger charge is 2.21. The van der Waals surface area contributed by atoms with Crippen molar-refractivity contribution in [3.63, 3.8) is 0 Å². The summed E-state index contributed by atoms with van der Waals surface area (Å²) in [6, 6.07) is 54.8. The highest BCUT2D eigenvalue weighted by molar-refractivity contribution is 5.66. The Hall–Kier alpha value is -9.78. The van der Waals surface area contributed by atoms with Crippen LogP contribution in [0.2, 0.25) is 0 Å². The summed E-state index contributed by atoms with van der Waals surface area (Å²) >= 11 is 0. The Kier molecular flexibility index (Phi) is 23.9. The lowest BCUT2D eigenvalue weighted by molar-refractivity contribution is -0.661. The van der Waals surface area contributed by atoms with Crippen LogP contribution in [0.3, 0.4) is 0 Å². The number of benzene rings is 6. The molecule has 0 N–H and O–H groups in total. The topological polar surface area (TPSA) is 23.3 Å². The third-order valence-electron chi connectivity index (χ3n) is 18.7. The normalized spacial score (nSPS) is 12.2. The Morgan fingerprint density at radius 1 is 0.275 bits per heavy atom. The fourth-order valence-electron chi connectivity index (χ4n) is 12.4. The average molecular weight is 1370 g/mol. The number of hydrogen-bond acceptors (Lipinski definition) is 0. The molecule has 6 aromatic carbocycles. The van der Waals surface area contributed by atoms with E-state index in [4.69, 9.17) is 13.7 Å². The fourth-order valence-corrected chi connectivity index (χ4v) is 12.4. The number of aromatic nitrogens is 6. The van der Waals surface area contributed by atoms with Gasteiger partial charge in [-0.05, 0) is 196 Å². The van der Waals surface area contributed by atoms with E-state index in [0.29, 0.717) is 52.2 Å². The second kappa shape index (κ2) is 37.2. The van der Waals surface area contributed by atoms with Gasteiger partial charge in [-0.3, -0.25) is 0 Å². The molecule has 0 unspecified atom stereocenters. The molecule has 6 heteroatoms. The first-order valence-electron chi connectivity index (χ1n) is 41.0. The van der Waals surface area contributed by atoms with Crippen LogP contribution in [0.5, 0.6) is 0 Å². The highest BCUT2D eigenvalue weighted by Crippen LogP contribution is 2.30. The standard InChI is InChI=1S/2C17H22N.3C16H20N.C14H16N/c1-12(2)16-10-17(18(5)11-14(16)4)15-9-7-6-8-13(15)3;1-12(2)16-11-18(5)17(10-14(16)4)15-9-7-6-8-13(15)3;1-12(2)14-9-10-17(4)16(11-14)15-8-6-5-7-13(15)3;2*1-12(2)14-9-10-16(17(4)11-14)15-8-6-5-7-13(15)3;1-11-8-9-15(3)14(10-11)13-7-5-4-6-12(13)2/h2*6-12H,1-5H3;3*5-12H,1-4H3;4-10H,1-3H3/q6*+1/i;;;9D,10D,11D;;4D,5D,6D,7D,8D,9D,10D. The van der Waals surface area contributed by atoms with Crippen molar-refractivity contribution in [2.45, 2.75) is 161 Å². The zero-order valence-corrected chi connectivity index (χ0v) is 65.9. The summed E-state index contributed by atoms with van der Waals surface area (Å²) in [5.74, 6) is 2.35. The van der Waals surface area contributed by atoms with Crippen LogP contribution < -0.4 is 27.4 Å². The summed E-state index contributed by atoms with van der Waals surface area (Å²) in [5, 5.41) is 0. The minimum atomic E-state index is -0.371. The van der Waals surface area contributed by atoms with Gasteiger partial charge in [-0.1, -0.05) is 178 Å². The van der Waals surface area contributed by atoms with Gasteiger partial charge in [0.25, 0.3) is 0 Å². The van der Waals surface area contributed by atoms with Crippen molar-refractivity contribution < 1.29 is 41.1 Å². The summed E-state index contributed by atoms with van der Waals surface area (Å²) < 4.78 is 92.3. The van der Waals surface area contributed by atoms with Crippen molar-refractivity contribution in [1.29, 1.82) is 0 Å². The molecule has 0 saturated heterocycles. The summed E-state index contributed by atoms with van der Waals surface area (Å²) in [6.45, 7) is 40.0. The molecule has 0 spiro atoms. The molecule has 6 nitrogen and oxygen atoms in total. The monoisotopic (exact) mass is 1370 g/mol. The molecule has 0 radical (unpaired) electrons. The van der Waals surface area contributed by atoms with Crippen LogP contribution in [0.4, 0.5) is 0 Å². The fraction of sp³-hybridized carbons (Fsp3) is 0.312. The predicted octanol–water partition coefficient (Wildman–Crippen LogP) is 21.5. The van der Waals surface area contributed by atoms with Gasteiger partial charge in [0, 0.05) is 104 Å². The van der Waals surface area contributed by atoms with Crippen molar-refractivity contribution in [2.75, 3.05) is 0 Å². The van der Waals surface area contributed by atoms with Crippen LogP contribution in [0.15, 0.2) is 243 Å². The van der Waals surface area contributed by atoms with Crippen LogP contribution in [0, 0.1) is 62.3 Å². The highest BCUT2D eigenvalue weighted by atomic mass is 14.9. The lowest BCUT2D eigenvalue weighted by Gasteiger charge is -2.11. The Balaban J connectivity index is 0.000000187. The first kappa shape index (κ1) is 65.5. The van der Waals surface area contributed by atoms with Gasteiger partial charge in [-0.25, -0.2) is 27.4 Å². The second-order valence-electron chi connectivity index (χ2n) is 28.7. The zero-order chi connectivity index (χ0) is 83.3. The summed E-state index contributed by atoms with van der Waals surface area (Å²) in [6.07, 6.45) is 9.09. The van der Waals surface area contributed by atoms with Crippen molar-refractivity contribution in [3.05, 3.63) is 321 Å². The predicted molar refractivity (Wildman–Crippen MR) is 431 cm³/mol. The first-order valence-corrected chi connectivity index (χ1v) is 36.0. The third kappa shape index (κ3) is 21.2. The Morgan fingerprint density at radius 2 is 0.706 bits per heavy atom. The molecule has 102 heavy (non-hydrogen) atoms. The van der Waals surface area contributed by atoms with Crippen LogP contribution in [0.25, 0.3) is 67.5 Å². The number of pyridine rings is 6. The van der Waals surface area contributed by atoms with E-state index >= 15 is 0 Å². The molecule has 0 saturated carbocycles. The zero-order valence-electron chi connectivity index (χ0n) is 75.9. The van der Waals surface area contributed by atoms with Gasteiger partial charge in [0.2, 0.25) is 34.2 Å². The van der Waals surface area contributed by atoms with E-state index in [2.05, 4.69) is 302 Å². The maximum absolute atomic E-state index is 8.31. The minimum absolute atomic E-state index is 0.00312. The van der Waals surface area contributed by atoms with Gasteiger partial charge in [0.1, 0.15) is 45.0 Å². The lowest BCUT2D eigenvalue weighted by Crippen LogP contribution is -2.32. The number of hydrogen-bond donors (Lipinski definition) is 0. The van der Waals surface area contributed by atoms with Gasteiger partial charge in [-0.2, -0.15) is 0 Å². The minimum Gasteiger partial charge on any atom is -0.201 e. The molecule has 0 aliphatic carbocycles. The van der Waals surface area contributed by atoms with Gasteiger partial charge in [0.05, 0.1) is 11.0 Å². The van der Waals surface area contributed by atoms with Crippen molar-refractivity contribution >= 4 is 0 Å². The van der Waals surface area contributed by atoms with E-state index in [9.17, 15) is 0 Å². The van der Waals surface area contributed by atoms with E-state index in [1.165, 1.54) is 112 Å². The number of rotatable bonds is 11. The number of nitrogens with zero attached hydrogens (tertiary/aromatic N) is 6. The Labute approximate surface area is 630 Å². The van der Waals surface area contributed by atoms with Crippen LogP contribution in [-0.2, 0) is 42.3 Å². The van der Waals surface area contributed by atoms with Gasteiger partial charge < -0.3 is 0 Å². The van der Waals surface area contributed by atoms with E-state index in [0.717, 1.165) is 11.1 Å². The van der Waals surface area contributed by atoms with Crippen LogP contribution in [-0.4, -0.2) is 0 Å². The first-order chi connectivity index (χ1) is 52.7. The summed E-state index contributed by atoms with van der Waals surface area (Å²) in [7, 11) is 11.8. The molecule has 0 fully saturated rings. The maximum atomic E-state index is 8.31. The Morgan fingerprint density at radius 3 is 1.18 bits per heavy atom. The third-order valence-corrected chi connectivity index (χ3v) is 18.7. The SMILES string of the molecule is Cc1ccccc1-c1cc(C(C)C)c(C)c[n+]1C.Cc1ccccc1-c1cc(C(C)C)cc[n+]1C.Cc1ccccc1-c1cc(C)c(C(C)C)c[n+]1C.Cc1ccccc1-c1ccc(C(C)C)c[n+]1C.[2H]c1c([2H])c(-c2ccccc2C)[n+](C)c([2H])c1C(C)C.[2H]c1c([2H])c([2H])c(-c2c([2H])c(C)c([2H])c([2H])[n+]2C)c(C)c1[2H]. The number of aryl methyl sites for hydroxylation is 11. The molecule has 0 aliphatic rings. The molecule has 12 aromatic rings. The van der Waals surface area contributed by atoms with E-state index < -0.39 is 0 Å². The maximum Gasteiger partial charge on any atom is 0.212 e. The molecule has 0 aliphatic heterocycles. The van der Waals surface area contributed by atoms with Crippen molar-refractivity contribution in [3.8, 4) is 67.5 Å². The van der Waals surface area contributed by atoms with Crippen LogP contribution >= 0.6 is 0 Å². The van der Waals surface area contributed by atoms with Crippen molar-refractivity contribution in [2.24, 2.45) is 42.3 Å². The molecule has 6 aromatic heterocycles. The Bertz CT molecular complexity index is 5210. The molecule has 12 rings (SSSR count). The lowest BCUT2D eigenvalue weighted by atomic mass is 9.96. The van der Waals surface area contributed by atoms with E-state index in [1.54, 1.807) is 25.5 Å². The van der Waals surface area contributed by atoms with E-state index in [-0.39, 0.29) is 71.7 Å². The quantitative estimate of drug-likeness (QED) is 0.115. The van der Waals surface area contributed by atoms with Gasteiger partial charge in [0.15, 0.2) is 37.1 Å². The summed E-state index contributed by atoms with van der Waals surface area (Å²) in [5.41, 5.74) is 28.4. The molecule has 0 atom stereocenters. The van der Waals surface area contributed by atoms with Gasteiger partial charge >= 0.3 is 0 Å². The molecule has 6 heterocycles. The van der Waals surface area contributed by atoms with E-state index in [1.807, 2.05) is 45.0 Å². The molecular formula is C96H120N6+6. The van der Waals surface area contributed by atoms with Crippen LogP contribution in [0.1, 0.15) is 190 Å². The molecular weight excluding hydrogens is 1240 g/mol. The van der Waals surface area contributed by atoms with Crippen molar-refractivity contribution in [1.82, 2.24) is 0 Å². The molecule has 528 valence electrons. The second-order valence-corrected chi connectivity index (χ2v) is 28.7. The van der Waals surface area contributed by atoms with Gasteiger partial charge in [-0.15, -0.1) is 0 Å². The molecule has 0 bridgehead atoms. The summed E-state index contributed by atoms with van der Waals surface area (Å²) in [4.78, 5) is 0. The molecule has 0 amide bonds. The average Bonchev–Trinajstić information content (AvgIpc) is 0.749.